The fraction of sp³-hybridized carbons (Fsp3) is 0.261. The van der Waals surface area contributed by atoms with Gasteiger partial charge in [0.25, 0.3) is 0 Å². The third-order valence-electron chi connectivity index (χ3n) is 5.30. The maximum Gasteiger partial charge on any atom is 0.417 e. The van der Waals surface area contributed by atoms with Gasteiger partial charge < -0.3 is 4.42 Å². The molecule has 2 aromatic carbocycles. The van der Waals surface area contributed by atoms with E-state index in [4.69, 9.17) is 4.42 Å². The lowest BCUT2D eigenvalue weighted by molar-refractivity contribution is -0.136. The summed E-state index contributed by atoms with van der Waals surface area (Å²) in [5, 5.41) is -0.318. The Hall–Kier alpha value is -3.42. The molecule has 3 aromatic rings. The van der Waals surface area contributed by atoms with Gasteiger partial charge in [0, 0.05) is 23.9 Å². The Kier molecular flexibility index (Phi) is 4.95. The number of imide groups is 1. The van der Waals surface area contributed by atoms with Gasteiger partial charge in [-0.1, -0.05) is 29.3 Å². The Bertz CT molecular complexity index is 1260. The van der Waals surface area contributed by atoms with Gasteiger partial charge in [-0.05, 0) is 38.0 Å². The molecule has 0 spiro atoms. The van der Waals surface area contributed by atoms with Crippen molar-refractivity contribution in [2.45, 2.75) is 32.9 Å². The molecule has 0 aliphatic carbocycles. The van der Waals surface area contributed by atoms with Gasteiger partial charge in [0.15, 0.2) is 0 Å². The van der Waals surface area contributed by atoms with Crippen molar-refractivity contribution < 1.29 is 27.2 Å². The molecule has 2 amide bonds. The zero-order valence-corrected chi connectivity index (χ0v) is 16.7. The number of benzene rings is 2. The minimum absolute atomic E-state index is 0.00357. The van der Waals surface area contributed by atoms with Crippen LogP contribution in [0.15, 0.2) is 51.7 Å². The molecule has 0 N–H and O–H groups in total. The largest absolute Gasteiger partial charge is 0.423 e. The van der Waals surface area contributed by atoms with Crippen LogP contribution in [0.4, 0.5) is 18.9 Å². The van der Waals surface area contributed by atoms with Gasteiger partial charge in [0.1, 0.15) is 5.58 Å². The van der Waals surface area contributed by atoms with Crippen molar-refractivity contribution >= 4 is 28.5 Å². The summed E-state index contributed by atoms with van der Waals surface area (Å²) in [5.41, 5.74) is 0.483. The van der Waals surface area contributed by atoms with Gasteiger partial charge in [-0.25, -0.2) is 4.79 Å². The molecule has 1 fully saturated rings. The predicted octanol–water partition coefficient (Wildman–Crippen LogP) is 4.55. The molecule has 1 atom stereocenters. The molecule has 31 heavy (non-hydrogen) atoms. The van der Waals surface area contributed by atoms with Crippen LogP contribution in [0.5, 0.6) is 0 Å². The lowest BCUT2D eigenvalue weighted by Crippen LogP contribution is -2.30. The van der Waals surface area contributed by atoms with Crippen molar-refractivity contribution in [1.82, 2.24) is 0 Å². The van der Waals surface area contributed by atoms with E-state index in [1.165, 1.54) is 6.07 Å². The molecule has 2 heterocycles. The first-order chi connectivity index (χ1) is 14.5. The number of amides is 2. The second-order valence-corrected chi connectivity index (χ2v) is 7.83. The van der Waals surface area contributed by atoms with Crippen LogP contribution in [0.25, 0.3) is 11.0 Å². The molecule has 0 saturated carbocycles. The highest BCUT2D eigenvalue weighted by atomic mass is 19.4. The first-order valence-corrected chi connectivity index (χ1v) is 9.62. The Morgan fingerprint density at radius 2 is 1.68 bits per heavy atom. The minimum atomic E-state index is -4.74. The number of carbonyl (C=O) groups excluding carboxylic acids is 2. The number of aryl methyl sites for hydroxylation is 2. The number of fused-ring (bicyclic) bond motifs is 1. The highest BCUT2D eigenvalue weighted by molar-refractivity contribution is 6.21. The lowest BCUT2D eigenvalue weighted by Gasteiger charge is -2.16. The van der Waals surface area contributed by atoms with Gasteiger partial charge in [0.2, 0.25) is 11.8 Å². The van der Waals surface area contributed by atoms with Crippen molar-refractivity contribution in [3.8, 4) is 0 Å². The average molecular weight is 429 g/mol. The molecule has 1 aromatic heterocycles. The SMILES string of the molecule is Cc1cc(C)cc(C[C@H]2CC(=O)N(c3ccc4c(C(F)(F)F)cc(=O)oc4c3)C2=O)c1. The number of carbonyl (C=O) groups is 2. The van der Waals surface area contributed by atoms with Crippen LogP contribution in [0.2, 0.25) is 0 Å². The fourth-order valence-corrected chi connectivity index (χ4v) is 4.12. The monoisotopic (exact) mass is 429 g/mol. The molecular weight excluding hydrogens is 411 g/mol. The molecule has 1 saturated heterocycles. The van der Waals surface area contributed by atoms with E-state index in [0.29, 0.717) is 12.5 Å². The Morgan fingerprint density at radius 3 is 2.32 bits per heavy atom. The van der Waals surface area contributed by atoms with Crippen molar-refractivity contribution in [2.75, 3.05) is 4.90 Å². The Labute approximate surface area is 175 Å². The van der Waals surface area contributed by atoms with Crippen LogP contribution in [-0.2, 0) is 22.2 Å². The van der Waals surface area contributed by atoms with E-state index in [1.807, 2.05) is 32.0 Å². The standard InChI is InChI=1S/C23H18F3NO4/c1-12-5-13(2)7-14(6-12)8-15-9-20(28)27(22(15)30)16-3-4-17-18(23(24,25)26)11-21(29)31-19(17)10-16/h3-7,10-11,15H,8-9H2,1-2H3/t15-/m0/s1. The van der Waals surface area contributed by atoms with E-state index in [0.717, 1.165) is 33.7 Å². The molecule has 0 unspecified atom stereocenters. The van der Waals surface area contributed by atoms with Gasteiger partial charge in [-0.3, -0.25) is 14.5 Å². The lowest BCUT2D eigenvalue weighted by atomic mass is 9.95. The number of rotatable bonds is 3. The molecule has 8 heteroatoms. The summed E-state index contributed by atoms with van der Waals surface area (Å²) in [6.45, 7) is 3.89. The molecule has 5 nitrogen and oxygen atoms in total. The Balaban J connectivity index is 1.68. The minimum Gasteiger partial charge on any atom is -0.423 e. The van der Waals surface area contributed by atoms with Crippen molar-refractivity contribution in [3.05, 3.63) is 75.1 Å². The van der Waals surface area contributed by atoms with Crippen molar-refractivity contribution in [2.24, 2.45) is 5.92 Å². The van der Waals surface area contributed by atoms with E-state index < -0.39 is 35.1 Å². The van der Waals surface area contributed by atoms with E-state index in [1.54, 1.807) is 0 Å². The number of nitrogens with zero attached hydrogens (tertiary/aromatic N) is 1. The van der Waals surface area contributed by atoms with E-state index in [-0.39, 0.29) is 23.1 Å². The van der Waals surface area contributed by atoms with Crippen molar-refractivity contribution in [3.63, 3.8) is 0 Å². The number of anilines is 1. The summed E-state index contributed by atoms with van der Waals surface area (Å²) in [5.74, 6) is -1.45. The maximum atomic E-state index is 13.2. The van der Waals surface area contributed by atoms with Crippen LogP contribution in [0, 0.1) is 19.8 Å². The summed E-state index contributed by atoms with van der Waals surface area (Å²) in [6.07, 6.45) is -4.37. The van der Waals surface area contributed by atoms with Crippen molar-refractivity contribution in [1.29, 1.82) is 0 Å². The third kappa shape index (κ3) is 3.97. The smallest absolute Gasteiger partial charge is 0.417 e. The normalized spacial score (nSPS) is 17.1. The van der Waals surface area contributed by atoms with Gasteiger partial charge >= 0.3 is 11.8 Å². The third-order valence-corrected chi connectivity index (χ3v) is 5.30. The zero-order valence-electron chi connectivity index (χ0n) is 16.7. The molecule has 160 valence electrons. The fourth-order valence-electron chi connectivity index (χ4n) is 4.12. The van der Waals surface area contributed by atoms with Crippen LogP contribution in [0.1, 0.15) is 28.7 Å². The van der Waals surface area contributed by atoms with Gasteiger partial charge in [0.05, 0.1) is 17.2 Å². The van der Waals surface area contributed by atoms with Gasteiger partial charge in [-0.2, -0.15) is 13.2 Å². The van der Waals surface area contributed by atoms with Crippen LogP contribution < -0.4 is 10.5 Å². The second-order valence-electron chi connectivity index (χ2n) is 7.83. The molecule has 1 aliphatic rings. The summed E-state index contributed by atoms with van der Waals surface area (Å²) in [6, 6.07) is 9.79. The van der Waals surface area contributed by atoms with Crippen LogP contribution in [-0.4, -0.2) is 11.8 Å². The predicted molar refractivity (Wildman–Crippen MR) is 108 cm³/mol. The number of halogens is 3. The highest BCUT2D eigenvalue weighted by Crippen LogP contribution is 2.36. The zero-order chi connectivity index (χ0) is 22.5. The summed E-state index contributed by atoms with van der Waals surface area (Å²) < 4.78 is 44.6. The van der Waals surface area contributed by atoms with Crippen LogP contribution in [0.3, 0.4) is 0 Å². The number of hydrogen-bond acceptors (Lipinski definition) is 4. The maximum absolute atomic E-state index is 13.2. The number of hydrogen-bond donors (Lipinski definition) is 0. The highest BCUT2D eigenvalue weighted by Gasteiger charge is 2.40. The first-order valence-electron chi connectivity index (χ1n) is 9.62. The molecular formula is C23H18F3NO4. The summed E-state index contributed by atoms with van der Waals surface area (Å²) >= 11 is 0. The molecule has 0 bridgehead atoms. The quantitative estimate of drug-likeness (QED) is 0.453. The number of alkyl halides is 3. The topological polar surface area (TPSA) is 67.6 Å². The Morgan fingerprint density at radius 1 is 1.00 bits per heavy atom. The first kappa shape index (κ1) is 20.8. The van der Waals surface area contributed by atoms with E-state index in [9.17, 15) is 27.6 Å². The summed E-state index contributed by atoms with van der Waals surface area (Å²) in [7, 11) is 0. The molecule has 4 rings (SSSR count). The summed E-state index contributed by atoms with van der Waals surface area (Å²) in [4.78, 5) is 38.1. The van der Waals surface area contributed by atoms with E-state index >= 15 is 0 Å². The average Bonchev–Trinajstić information content (AvgIpc) is 2.92. The molecule has 0 radical (unpaired) electrons. The van der Waals surface area contributed by atoms with E-state index in [2.05, 4.69) is 0 Å². The van der Waals surface area contributed by atoms with Crippen LogP contribution >= 0.6 is 0 Å². The molecule has 1 aliphatic heterocycles. The van der Waals surface area contributed by atoms with Gasteiger partial charge in [-0.15, -0.1) is 0 Å². The second kappa shape index (κ2) is 7.37.